The van der Waals surface area contributed by atoms with Gasteiger partial charge in [-0.1, -0.05) is 39.8 Å². The van der Waals surface area contributed by atoms with Gasteiger partial charge in [0.05, 0.1) is 17.4 Å². The number of nitrogens with two attached hydrogens (primary N) is 1. The van der Waals surface area contributed by atoms with Crippen LogP contribution in [0, 0.1) is 5.92 Å². The molecule has 0 saturated carbocycles. The highest BCUT2D eigenvalue weighted by molar-refractivity contribution is 7.81. The standard InChI is InChI=1S/C31H44N6O5S/c1-19(2)42-29(39)35-14-12-21(13-15-35)22-16-23(28(38)37(43(40)41)25-11-9-10-24(32)33-25)27(34-26(22)30(4,5)6)36-18-20(3)17-31(36,7)8/h9-12,16,19-20H,13-15,17-18H2,1-8H3,(H2,32,33)(H,40,41)/t20-/m0/s1. The van der Waals surface area contributed by atoms with E-state index in [-0.39, 0.29) is 34.9 Å². The Morgan fingerprint density at radius 2 is 1.93 bits per heavy atom. The molecule has 0 aliphatic carbocycles. The van der Waals surface area contributed by atoms with Gasteiger partial charge in [-0.2, -0.15) is 4.31 Å². The second kappa shape index (κ2) is 12.2. The van der Waals surface area contributed by atoms with E-state index in [1.54, 1.807) is 23.1 Å². The van der Waals surface area contributed by atoms with Crippen molar-refractivity contribution in [2.75, 3.05) is 34.6 Å². The minimum Gasteiger partial charge on any atom is -0.447 e. The molecule has 0 spiro atoms. The quantitative estimate of drug-likeness (QED) is 0.410. The molecular weight excluding hydrogens is 568 g/mol. The zero-order valence-corrected chi connectivity index (χ0v) is 27.2. The number of hydrogen-bond donors (Lipinski definition) is 2. The number of anilines is 3. The second-order valence-electron chi connectivity index (χ2n) is 13.3. The Bertz CT molecular complexity index is 1450. The lowest BCUT2D eigenvalue weighted by Gasteiger charge is -2.36. The molecule has 3 N–H and O–H groups in total. The van der Waals surface area contributed by atoms with Crippen LogP contribution in [0.15, 0.2) is 30.3 Å². The summed E-state index contributed by atoms with van der Waals surface area (Å²) in [5, 5.41) is 0. The molecule has 4 heterocycles. The van der Waals surface area contributed by atoms with Crippen LogP contribution in [0.3, 0.4) is 0 Å². The zero-order chi connectivity index (χ0) is 31.9. The van der Waals surface area contributed by atoms with Crippen LogP contribution < -0.4 is 14.9 Å². The van der Waals surface area contributed by atoms with E-state index in [0.29, 0.717) is 37.8 Å². The SMILES string of the molecule is CC(C)OC(=O)N1CC=C(c2cc(C(=O)N(c3cccc(N)n3)S(=O)O)c(N3C[C@@H](C)CC3(C)C)nc2C(C)(C)C)CC1. The number of pyridine rings is 2. The second-order valence-corrected chi connectivity index (χ2v) is 14.2. The van der Waals surface area contributed by atoms with Crippen LogP contribution >= 0.6 is 0 Å². The van der Waals surface area contributed by atoms with Crippen molar-refractivity contribution in [1.29, 1.82) is 0 Å². The first-order chi connectivity index (χ1) is 20.0. The van der Waals surface area contributed by atoms with Gasteiger partial charge in [0.1, 0.15) is 11.6 Å². The summed E-state index contributed by atoms with van der Waals surface area (Å²) in [4.78, 5) is 40.0. The molecule has 2 aromatic rings. The van der Waals surface area contributed by atoms with Crippen molar-refractivity contribution < 1.29 is 23.1 Å². The third-order valence-corrected chi connectivity index (χ3v) is 8.39. The number of carbonyl (C=O) groups excluding carboxylic acids is 2. The van der Waals surface area contributed by atoms with Crippen LogP contribution in [0.2, 0.25) is 0 Å². The number of ether oxygens (including phenoxy) is 1. The maximum atomic E-state index is 14.3. The van der Waals surface area contributed by atoms with Gasteiger partial charge in [-0.05, 0) is 70.2 Å². The summed E-state index contributed by atoms with van der Waals surface area (Å²) in [5.74, 6) is 0.186. The summed E-state index contributed by atoms with van der Waals surface area (Å²) < 4.78 is 29.1. The Kier molecular flexibility index (Phi) is 9.22. The normalized spacial score (nSPS) is 19.3. The highest BCUT2D eigenvalue weighted by Crippen LogP contribution is 2.42. The van der Waals surface area contributed by atoms with E-state index in [2.05, 4.69) is 51.4 Å². The zero-order valence-electron chi connectivity index (χ0n) is 26.4. The molecule has 2 aliphatic rings. The number of nitrogens with zero attached hydrogens (tertiary/aromatic N) is 5. The molecule has 2 aromatic heterocycles. The first-order valence-corrected chi connectivity index (χ1v) is 15.7. The van der Waals surface area contributed by atoms with Crippen LogP contribution in [0.5, 0.6) is 0 Å². The van der Waals surface area contributed by atoms with E-state index in [9.17, 15) is 18.4 Å². The monoisotopic (exact) mass is 612 g/mol. The summed E-state index contributed by atoms with van der Waals surface area (Å²) in [6.07, 6.45) is 2.81. The molecule has 0 aromatic carbocycles. The fourth-order valence-corrected chi connectivity index (χ4v) is 6.42. The van der Waals surface area contributed by atoms with Crippen molar-refractivity contribution >= 4 is 46.3 Å². The average molecular weight is 613 g/mol. The first-order valence-electron chi connectivity index (χ1n) is 14.7. The van der Waals surface area contributed by atoms with Crippen molar-refractivity contribution in [1.82, 2.24) is 14.9 Å². The van der Waals surface area contributed by atoms with Gasteiger partial charge in [0, 0.05) is 36.2 Å². The van der Waals surface area contributed by atoms with E-state index in [4.69, 9.17) is 15.5 Å². The van der Waals surface area contributed by atoms with E-state index in [1.807, 2.05) is 19.9 Å². The minimum absolute atomic E-state index is 0.0385. The van der Waals surface area contributed by atoms with Gasteiger partial charge in [-0.25, -0.2) is 19.0 Å². The summed E-state index contributed by atoms with van der Waals surface area (Å²) in [5.41, 5.74) is 7.87. The van der Waals surface area contributed by atoms with E-state index >= 15 is 0 Å². The molecule has 234 valence electrons. The Balaban J connectivity index is 1.91. The highest BCUT2D eigenvalue weighted by Gasteiger charge is 2.41. The molecule has 4 rings (SSSR count). The Hall–Kier alpha value is -3.51. The van der Waals surface area contributed by atoms with Gasteiger partial charge >= 0.3 is 6.09 Å². The number of amides is 2. The van der Waals surface area contributed by atoms with Crippen LogP contribution in [-0.2, 0) is 21.4 Å². The number of carbonyl (C=O) groups is 2. The first kappa shape index (κ1) is 32.4. The number of rotatable bonds is 6. The van der Waals surface area contributed by atoms with Gasteiger partial charge in [0.15, 0.2) is 5.82 Å². The lowest BCUT2D eigenvalue weighted by atomic mass is 9.83. The van der Waals surface area contributed by atoms with Crippen LogP contribution in [-0.4, -0.2) is 66.9 Å². The van der Waals surface area contributed by atoms with Crippen molar-refractivity contribution in [3.63, 3.8) is 0 Å². The third-order valence-electron chi connectivity index (χ3n) is 7.73. The molecule has 1 fully saturated rings. The van der Waals surface area contributed by atoms with Gasteiger partial charge in [-0.3, -0.25) is 9.35 Å². The summed E-state index contributed by atoms with van der Waals surface area (Å²) in [6, 6.07) is 6.38. The number of nitrogen functional groups attached to an aromatic ring is 1. The molecule has 2 aliphatic heterocycles. The van der Waals surface area contributed by atoms with Crippen LogP contribution in [0.25, 0.3) is 5.57 Å². The van der Waals surface area contributed by atoms with Crippen molar-refractivity contribution in [3.05, 3.63) is 47.2 Å². The predicted molar refractivity (Wildman–Crippen MR) is 170 cm³/mol. The van der Waals surface area contributed by atoms with Gasteiger partial charge in [0.2, 0.25) is 0 Å². The fraction of sp³-hybridized carbons (Fsp3) is 0.548. The molecule has 1 saturated heterocycles. The molecule has 0 bridgehead atoms. The Labute approximate surface area is 256 Å². The van der Waals surface area contributed by atoms with E-state index < -0.39 is 22.6 Å². The lowest BCUT2D eigenvalue weighted by Crippen LogP contribution is -2.42. The van der Waals surface area contributed by atoms with E-state index in [0.717, 1.165) is 27.6 Å². The molecule has 0 radical (unpaired) electrons. The summed E-state index contributed by atoms with van der Waals surface area (Å²) in [6.45, 7) is 17.7. The topological polar surface area (TPSA) is 142 Å². The number of aromatic nitrogens is 2. The molecular formula is C31H44N6O5S. The van der Waals surface area contributed by atoms with Crippen LogP contribution in [0.1, 0.15) is 89.8 Å². The maximum Gasteiger partial charge on any atom is 0.410 e. The Morgan fingerprint density at radius 3 is 2.44 bits per heavy atom. The minimum atomic E-state index is -2.73. The maximum absolute atomic E-state index is 14.3. The third kappa shape index (κ3) is 7.01. The van der Waals surface area contributed by atoms with Crippen molar-refractivity contribution in [2.24, 2.45) is 5.92 Å². The van der Waals surface area contributed by atoms with Crippen molar-refractivity contribution in [3.8, 4) is 0 Å². The average Bonchev–Trinajstić information content (AvgIpc) is 3.18. The smallest absolute Gasteiger partial charge is 0.410 e. The summed E-state index contributed by atoms with van der Waals surface area (Å²) in [7, 11) is 0. The Morgan fingerprint density at radius 1 is 1.23 bits per heavy atom. The van der Waals surface area contributed by atoms with Gasteiger partial charge < -0.3 is 20.3 Å². The molecule has 11 nitrogen and oxygen atoms in total. The molecule has 12 heteroatoms. The molecule has 1 unspecified atom stereocenters. The fourth-order valence-electron chi connectivity index (χ4n) is 5.92. The van der Waals surface area contributed by atoms with Crippen LogP contribution in [0.4, 0.5) is 22.2 Å². The van der Waals surface area contributed by atoms with Gasteiger partial charge in [0.25, 0.3) is 17.2 Å². The predicted octanol–water partition coefficient (Wildman–Crippen LogP) is 5.40. The summed E-state index contributed by atoms with van der Waals surface area (Å²) >= 11 is -2.73. The molecule has 2 atom stereocenters. The molecule has 43 heavy (non-hydrogen) atoms. The number of hydrogen-bond acceptors (Lipinski definition) is 8. The molecule has 2 amide bonds. The van der Waals surface area contributed by atoms with E-state index in [1.165, 1.54) is 6.07 Å². The van der Waals surface area contributed by atoms with Crippen molar-refractivity contribution in [2.45, 2.75) is 85.3 Å². The largest absolute Gasteiger partial charge is 0.447 e. The highest BCUT2D eigenvalue weighted by atomic mass is 32.2. The lowest BCUT2D eigenvalue weighted by molar-refractivity contribution is 0.0799. The van der Waals surface area contributed by atoms with Gasteiger partial charge in [-0.15, -0.1) is 0 Å².